The van der Waals surface area contributed by atoms with Crippen LogP contribution in [-0.4, -0.2) is 79.9 Å². The molecule has 1 rings (SSSR count). The first-order chi connectivity index (χ1) is 11.2. The van der Waals surface area contributed by atoms with Gasteiger partial charge in [0.1, 0.15) is 6.04 Å². The third-order valence-corrected chi connectivity index (χ3v) is 5.79. The number of hydrogen-bond acceptors (Lipinski definition) is 4. The molecule has 0 aromatic rings. The highest BCUT2D eigenvalue weighted by Gasteiger charge is 2.45. The van der Waals surface area contributed by atoms with Crippen molar-refractivity contribution in [1.29, 1.82) is 0 Å². The van der Waals surface area contributed by atoms with Crippen LogP contribution in [0.3, 0.4) is 0 Å². The number of urea groups is 1. The molecule has 0 spiro atoms. The summed E-state index contributed by atoms with van der Waals surface area (Å²) >= 11 is 0. The van der Waals surface area contributed by atoms with Crippen molar-refractivity contribution in [1.82, 2.24) is 14.5 Å². The normalized spacial score (nSPS) is 23.4. The quantitative estimate of drug-likeness (QED) is 0.715. The monoisotopic (exact) mass is 389 g/mol. The fourth-order valence-electron chi connectivity index (χ4n) is 2.51. The molecule has 1 aliphatic rings. The number of nitrogens with zero attached hydrogens (tertiary/aromatic N) is 2. The van der Waals surface area contributed by atoms with E-state index in [1.54, 1.807) is 12.2 Å². The number of amides is 2. The van der Waals surface area contributed by atoms with Crippen molar-refractivity contribution < 1.29 is 36.3 Å². The summed E-state index contributed by atoms with van der Waals surface area (Å²) in [7, 11) is -2.02. The summed E-state index contributed by atoms with van der Waals surface area (Å²) in [5.41, 5.74) is 0. The van der Waals surface area contributed by atoms with Gasteiger partial charge < -0.3 is 15.3 Å². The molecule has 146 valence electrons. The Labute approximate surface area is 144 Å². The zero-order valence-corrected chi connectivity index (χ0v) is 14.9. The van der Waals surface area contributed by atoms with Crippen LogP contribution in [0.1, 0.15) is 13.3 Å². The molecule has 12 heteroatoms. The minimum Gasteiger partial charge on any atom is -0.481 e. The summed E-state index contributed by atoms with van der Waals surface area (Å²) in [5, 5.41) is 10.7. The van der Waals surface area contributed by atoms with E-state index in [2.05, 4.69) is 0 Å². The zero-order chi connectivity index (χ0) is 19.6. The van der Waals surface area contributed by atoms with E-state index in [9.17, 15) is 31.2 Å². The summed E-state index contributed by atoms with van der Waals surface area (Å²) in [5.74, 6) is -3.53. The van der Waals surface area contributed by atoms with Crippen molar-refractivity contribution in [3.63, 3.8) is 0 Å². The first kappa shape index (κ1) is 21.5. The fourth-order valence-corrected chi connectivity index (χ4v) is 3.51. The predicted octanol–water partition coefficient (Wildman–Crippen LogP) is 0.561. The highest BCUT2D eigenvalue weighted by atomic mass is 32.2. The maximum Gasteiger partial charge on any atom is 0.409 e. The Kier molecular flexibility index (Phi) is 6.68. The van der Waals surface area contributed by atoms with E-state index in [0.29, 0.717) is 10.7 Å². The van der Waals surface area contributed by atoms with Crippen molar-refractivity contribution >= 4 is 22.0 Å². The summed E-state index contributed by atoms with van der Waals surface area (Å²) in [6, 6.07) is -3.72. The number of likely N-dealkylation sites (tertiary alicyclic amines) is 1. The Bertz CT molecular complexity index is 609. The zero-order valence-electron chi connectivity index (χ0n) is 14.1. The van der Waals surface area contributed by atoms with Gasteiger partial charge in [-0.15, -0.1) is 0 Å². The molecule has 1 fully saturated rings. The van der Waals surface area contributed by atoms with Gasteiger partial charge in [-0.1, -0.05) is 6.92 Å². The highest BCUT2D eigenvalue weighted by Crippen LogP contribution is 2.24. The number of piperidine rings is 1. The molecule has 2 N–H and O–H groups in total. The van der Waals surface area contributed by atoms with E-state index in [0.717, 1.165) is 19.0 Å². The second kappa shape index (κ2) is 7.77. The lowest BCUT2D eigenvalue weighted by atomic mass is 9.91. The number of alkyl halides is 3. The summed E-state index contributed by atoms with van der Waals surface area (Å²) < 4.78 is 63.4. The van der Waals surface area contributed by atoms with Crippen molar-refractivity contribution in [3.05, 3.63) is 0 Å². The SMILES string of the molecule is CC1CC(C(=O)O)CN(C(=O)NC(CS(=O)(=O)N(C)C)C(F)(F)F)C1. The molecule has 1 aliphatic heterocycles. The molecule has 0 radical (unpaired) electrons. The maximum atomic E-state index is 13.1. The summed E-state index contributed by atoms with van der Waals surface area (Å²) in [6.45, 7) is 1.56. The third-order valence-electron chi connectivity index (χ3n) is 3.92. The van der Waals surface area contributed by atoms with Gasteiger partial charge >= 0.3 is 18.2 Å². The molecular weight excluding hydrogens is 367 g/mol. The first-order valence-corrected chi connectivity index (χ1v) is 9.10. The van der Waals surface area contributed by atoms with Gasteiger partial charge in [-0.05, 0) is 12.3 Å². The molecular formula is C13H22F3N3O5S. The Morgan fingerprint density at radius 1 is 1.32 bits per heavy atom. The van der Waals surface area contributed by atoms with Crippen molar-refractivity contribution in [2.24, 2.45) is 11.8 Å². The lowest BCUT2D eigenvalue weighted by molar-refractivity contribution is -0.149. The van der Waals surface area contributed by atoms with Gasteiger partial charge in [-0.25, -0.2) is 17.5 Å². The number of nitrogens with one attached hydrogen (secondary N) is 1. The van der Waals surface area contributed by atoms with Crippen molar-refractivity contribution in [3.8, 4) is 0 Å². The van der Waals surface area contributed by atoms with Gasteiger partial charge in [-0.3, -0.25) is 4.79 Å². The van der Waals surface area contributed by atoms with Gasteiger partial charge in [0, 0.05) is 27.2 Å². The maximum absolute atomic E-state index is 13.1. The molecule has 25 heavy (non-hydrogen) atoms. The minimum atomic E-state index is -4.97. The molecule has 2 amide bonds. The second-order valence-electron chi connectivity index (χ2n) is 6.39. The van der Waals surface area contributed by atoms with Crippen LogP contribution in [0.5, 0.6) is 0 Å². The van der Waals surface area contributed by atoms with E-state index in [4.69, 9.17) is 5.11 Å². The van der Waals surface area contributed by atoms with E-state index < -0.39 is 45.9 Å². The fraction of sp³-hybridized carbons (Fsp3) is 0.846. The van der Waals surface area contributed by atoms with Crippen LogP contribution >= 0.6 is 0 Å². The number of halogens is 3. The van der Waals surface area contributed by atoms with Crippen LogP contribution < -0.4 is 5.32 Å². The second-order valence-corrected chi connectivity index (χ2v) is 8.61. The van der Waals surface area contributed by atoms with E-state index in [1.807, 2.05) is 0 Å². The number of sulfonamides is 1. The van der Waals surface area contributed by atoms with Crippen molar-refractivity contribution in [2.45, 2.75) is 25.6 Å². The number of hydrogen-bond donors (Lipinski definition) is 2. The number of carbonyl (C=O) groups excluding carboxylic acids is 1. The largest absolute Gasteiger partial charge is 0.481 e. The number of carbonyl (C=O) groups is 2. The van der Waals surface area contributed by atoms with Crippen LogP contribution in [0.4, 0.5) is 18.0 Å². The van der Waals surface area contributed by atoms with E-state index in [1.165, 1.54) is 0 Å². The molecule has 0 bridgehead atoms. The molecule has 0 saturated carbocycles. The average molecular weight is 389 g/mol. The van der Waals surface area contributed by atoms with Crippen LogP contribution in [0.15, 0.2) is 0 Å². The Morgan fingerprint density at radius 2 is 1.88 bits per heavy atom. The third kappa shape index (κ3) is 6.03. The van der Waals surface area contributed by atoms with Crippen molar-refractivity contribution in [2.75, 3.05) is 32.9 Å². The molecule has 3 atom stereocenters. The molecule has 1 heterocycles. The molecule has 1 saturated heterocycles. The Morgan fingerprint density at radius 3 is 2.32 bits per heavy atom. The lowest BCUT2D eigenvalue weighted by Crippen LogP contribution is -2.57. The van der Waals surface area contributed by atoms with E-state index in [-0.39, 0.29) is 19.0 Å². The van der Waals surface area contributed by atoms with Gasteiger partial charge in [0.15, 0.2) is 0 Å². The Hall–Kier alpha value is -1.56. The summed E-state index contributed by atoms with van der Waals surface area (Å²) in [6.07, 6.45) is -4.65. The van der Waals surface area contributed by atoms with Crippen LogP contribution in [0, 0.1) is 11.8 Å². The number of rotatable bonds is 5. The Balaban J connectivity index is 2.90. The minimum absolute atomic E-state index is 0.0978. The number of carboxylic acid groups (broad SMARTS) is 1. The standard InChI is InChI=1S/C13H22F3N3O5S/c1-8-4-9(11(20)21)6-19(5-8)12(22)17-10(13(14,15)16)7-25(23,24)18(2)3/h8-10H,4-7H2,1-3H3,(H,17,22)(H,20,21). The topological polar surface area (TPSA) is 107 Å². The molecule has 0 aromatic carbocycles. The molecule has 8 nitrogen and oxygen atoms in total. The van der Waals surface area contributed by atoms with Gasteiger partial charge in [0.2, 0.25) is 10.0 Å². The van der Waals surface area contributed by atoms with Gasteiger partial charge in [0.05, 0.1) is 11.7 Å². The van der Waals surface area contributed by atoms with Gasteiger partial charge in [-0.2, -0.15) is 13.2 Å². The van der Waals surface area contributed by atoms with Gasteiger partial charge in [0.25, 0.3) is 0 Å². The van der Waals surface area contributed by atoms with E-state index >= 15 is 0 Å². The smallest absolute Gasteiger partial charge is 0.409 e. The molecule has 3 unspecified atom stereocenters. The lowest BCUT2D eigenvalue weighted by Gasteiger charge is -2.35. The predicted molar refractivity (Wildman–Crippen MR) is 82.3 cm³/mol. The highest BCUT2D eigenvalue weighted by molar-refractivity contribution is 7.89. The number of aliphatic carboxylic acids is 1. The van der Waals surface area contributed by atoms with Crippen LogP contribution in [0.2, 0.25) is 0 Å². The molecule has 0 aromatic heterocycles. The molecule has 0 aliphatic carbocycles. The van der Waals surface area contributed by atoms with Crippen LogP contribution in [0.25, 0.3) is 0 Å². The van der Waals surface area contributed by atoms with Crippen LogP contribution in [-0.2, 0) is 14.8 Å². The summed E-state index contributed by atoms with van der Waals surface area (Å²) in [4.78, 5) is 24.2. The number of carboxylic acids is 1. The first-order valence-electron chi connectivity index (χ1n) is 7.49. The average Bonchev–Trinajstić information content (AvgIpc) is 2.44.